The van der Waals surface area contributed by atoms with Gasteiger partial charge in [0.25, 0.3) is 0 Å². The summed E-state index contributed by atoms with van der Waals surface area (Å²) in [6.07, 6.45) is 1.80. The van der Waals surface area contributed by atoms with Crippen LogP contribution in [0.1, 0.15) is 27.7 Å². The van der Waals surface area contributed by atoms with E-state index >= 15 is 0 Å². The fraction of sp³-hybridized carbons (Fsp3) is 0.818. The molecule has 0 unspecified atom stereocenters. The van der Waals surface area contributed by atoms with E-state index in [0.717, 1.165) is 5.57 Å². The molecule has 0 aromatic rings. The molecule has 2 nitrogen and oxygen atoms in total. The van der Waals surface area contributed by atoms with Crippen molar-refractivity contribution in [2.24, 2.45) is 0 Å². The topological polar surface area (TPSA) is 29.5 Å². The molecule has 84 valence electrons. The van der Waals surface area contributed by atoms with Crippen LogP contribution in [-0.2, 0) is 4.43 Å². The van der Waals surface area contributed by atoms with E-state index in [9.17, 15) is 0 Å². The first-order valence-electron chi connectivity index (χ1n) is 5.11. The van der Waals surface area contributed by atoms with Gasteiger partial charge in [0.1, 0.15) is 0 Å². The van der Waals surface area contributed by atoms with Crippen LogP contribution < -0.4 is 0 Å². The third kappa shape index (κ3) is 4.40. The highest BCUT2D eigenvalue weighted by Crippen LogP contribution is 2.36. The highest BCUT2D eigenvalue weighted by Gasteiger charge is 2.36. The second-order valence-corrected chi connectivity index (χ2v) is 10.1. The van der Waals surface area contributed by atoms with E-state index in [1.54, 1.807) is 6.08 Å². The predicted octanol–water partition coefficient (Wildman–Crippen LogP) is 2.95. The van der Waals surface area contributed by atoms with Crippen molar-refractivity contribution in [2.75, 3.05) is 13.2 Å². The minimum absolute atomic E-state index is 0.104. The molecule has 3 heteroatoms. The Morgan fingerprint density at radius 2 is 1.86 bits per heavy atom. The second-order valence-electron chi connectivity index (χ2n) is 5.28. The van der Waals surface area contributed by atoms with E-state index in [-0.39, 0.29) is 11.6 Å². The molecule has 0 aromatic carbocycles. The van der Waals surface area contributed by atoms with Crippen molar-refractivity contribution in [2.45, 2.75) is 45.8 Å². The molecule has 0 saturated heterocycles. The molecule has 0 aliphatic carbocycles. The van der Waals surface area contributed by atoms with Gasteiger partial charge in [-0.1, -0.05) is 32.4 Å². The summed E-state index contributed by atoms with van der Waals surface area (Å²) in [6, 6.07) is 0. The fourth-order valence-electron chi connectivity index (χ4n) is 0.726. The van der Waals surface area contributed by atoms with Gasteiger partial charge in [0.2, 0.25) is 0 Å². The summed E-state index contributed by atoms with van der Waals surface area (Å²) in [5, 5.41) is 8.96. The van der Waals surface area contributed by atoms with E-state index in [2.05, 4.69) is 33.9 Å². The fourth-order valence-corrected chi connectivity index (χ4v) is 1.75. The zero-order chi connectivity index (χ0) is 11.4. The van der Waals surface area contributed by atoms with Gasteiger partial charge in [-0.25, -0.2) is 0 Å². The maximum atomic E-state index is 8.71. The molecule has 0 aliphatic heterocycles. The van der Waals surface area contributed by atoms with Crippen molar-refractivity contribution >= 4 is 8.32 Å². The Kier molecular flexibility index (Phi) is 5.05. The Labute approximate surface area is 89.1 Å². The van der Waals surface area contributed by atoms with Gasteiger partial charge >= 0.3 is 0 Å². The van der Waals surface area contributed by atoms with E-state index in [1.165, 1.54) is 0 Å². The molecule has 0 aliphatic rings. The highest BCUT2D eigenvalue weighted by molar-refractivity contribution is 6.74. The van der Waals surface area contributed by atoms with Crippen molar-refractivity contribution in [1.82, 2.24) is 0 Å². The Morgan fingerprint density at radius 1 is 1.36 bits per heavy atom. The molecule has 0 radical (unpaired) electrons. The molecule has 0 rings (SSSR count). The van der Waals surface area contributed by atoms with Gasteiger partial charge in [-0.2, -0.15) is 0 Å². The van der Waals surface area contributed by atoms with Gasteiger partial charge in [0.15, 0.2) is 8.32 Å². The molecule has 0 bridgehead atoms. The molecule has 1 N–H and O–H groups in total. The summed E-state index contributed by atoms with van der Waals surface area (Å²) in [6.45, 7) is 13.9. The summed E-state index contributed by atoms with van der Waals surface area (Å²) in [4.78, 5) is 0. The van der Waals surface area contributed by atoms with Crippen molar-refractivity contribution < 1.29 is 9.53 Å². The summed E-state index contributed by atoms with van der Waals surface area (Å²) < 4.78 is 5.97. The van der Waals surface area contributed by atoms with Gasteiger partial charge < -0.3 is 9.53 Å². The molecular formula is C11H24O2Si. The van der Waals surface area contributed by atoms with Crippen molar-refractivity contribution in [3.05, 3.63) is 11.6 Å². The zero-order valence-corrected chi connectivity index (χ0v) is 11.3. The standard InChI is InChI=1S/C11H24O2Si/c1-10(7-8-12)9-13-14(5,6)11(2,3)4/h7,12H,8-9H2,1-6H3/b10-7-. The number of aliphatic hydroxyl groups excluding tert-OH is 1. The quantitative estimate of drug-likeness (QED) is 0.578. The molecule has 0 amide bonds. The van der Waals surface area contributed by atoms with Crippen LogP contribution in [0.5, 0.6) is 0 Å². The number of hydrogen-bond donors (Lipinski definition) is 1. The van der Waals surface area contributed by atoms with Gasteiger partial charge in [0.05, 0.1) is 13.2 Å². The smallest absolute Gasteiger partial charge is 0.192 e. The lowest BCUT2D eigenvalue weighted by molar-refractivity contribution is 0.312. The average Bonchev–Trinajstić information content (AvgIpc) is 1.99. The first-order chi connectivity index (χ1) is 6.20. The lowest BCUT2D eigenvalue weighted by Crippen LogP contribution is -2.41. The van der Waals surface area contributed by atoms with Crippen LogP contribution in [0, 0.1) is 0 Å². The average molecular weight is 216 g/mol. The van der Waals surface area contributed by atoms with Gasteiger partial charge in [-0.3, -0.25) is 0 Å². The van der Waals surface area contributed by atoms with Crippen molar-refractivity contribution in [3.63, 3.8) is 0 Å². The highest BCUT2D eigenvalue weighted by atomic mass is 28.4. The van der Waals surface area contributed by atoms with Crippen molar-refractivity contribution in [3.8, 4) is 0 Å². The van der Waals surface area contributed by atoms with Crippen LogP contribution in [-0.4, -0.2) is 26.6 Å². The normalized spacial score (nSPS) is 14.6. The third-order valence-corrected chi connectivity index (χ3v) is 7.39. The monoisotopic (exact) mass is 216 g/mol. The number of rotatable bonds is 4. The lowest BCUT2D eigenvalue weighted by atomic mass is 10.2. The van der Waals surface area contributed by atoms with Crippen LogP contribution >= 0.6 is 0 Å². The predicted molar refractivity (Wildman–Crippen MR) is 64.0 cm³/mol. The second kappa shape index (κ2) is 5.10. The minimum Gasteiger partial charge on any atom is -0.413 e. The van der Waals surface area contributed by atoms with E-state index < -0.39 is 8.32 Å². The summed E-state index contributed by atoms with van der Waals surface area (Å²) in [5.41, 5.74) is 1.11. The maximum Gasteiger partial charge on any atom is 0.192 e. The Balaban J connectivity index is 4.20. The Hall–Kier alpha value is -0.123. The van der Waals surface area contributed by atoms with Gasteiger partial charge in [-0.05, 0) is 25.1 Å². The Bertz CT molecular complexity index is 202. The van der Waals surface area contributed by atoms with Gasteiger partial charge in [-0.15, -0.1) is 0 Å². The molecule has 0 heterocycles. The summed E-state index contributed by atoms with van der Waals surface area (Å²) >= 11 is 0. The largest absolute Gasteiger partial charge is 0.413 e. The molecule has 0 spiro atoms. The zero-order valence-electron chi connectivity index (χ0n) is 10.3. The SMILES string of the molecule is C/C(=C/CO)CO[Si](C)(C)C(C)(C)C. The molecular weight excluding hydrogens is 192 g/mol. The first kappa shape index (κ1) is 13.9. The van der Waals surface area contributed by atoms with Crippen LogP contribution in [0.4, 0.5) is 0 Å². The van der Waals surface area contributed by atoms with E-state index in [4.69, 9.17) is 9.53 Å². The first-order valence-corrected chi connectivity index (χ1v) is 8.02. The molecule has 0 aromatic heterocycles. The number of hydrogen-bond acceptors (Lipinski definition) is 2. The molecule has 0 fully saturated rings. The van der Waals surface area contributed by atoms with Crippen LogP contribution in [0.3, 0.4) is 0 Å². The molecule has 14 heavy (non-hydrogen) atoms. The van der Waals surface area contributed by atoms with E-state index in [0.29, 0.717) is 6.61 Å². The van der Waals surface area contributed by atoms with Gasteiger partial charge in [0, 0.05) is 0 Å². The summed E-state index contributed by atoms with van der Waals surface area (Å²) in [5.74, 6) is 0. The van der Waals surface area contributed by atoms with Crippen LogP contribution in [0.25, 0.3) is 0 Å². The van der Waals surface area contributed by atoms with E-state index in [1.807, 2.05) is 6.92 Å². The van der Waals surface area contributed by atoms with Crippen LogP contribution in [0.2, 0.25) is 18.1 Å². The van der Waals surface area contributed by atoms with Crippen LogP contribution in [0.15, 0.2) is 11.6 Å². The molecule has 0 saturated carbocycles. The Morgan fingerprint density at radius 3 is 2.21 bits per heavy atom. The van der Waals surface area contributed by atoms with Crippen molar-refractivity contribution in [1.29, 1.82) is 0 Å². The molecule has 0 atom stereocenters. The number of aliphatic hydroxyl groups is 1. The lowest BCUT2D eigenvalue weighted by Gasteiger charge is -2.36. The maximum absolute atomic E-state index is 8.71. The minimum atomic E-state index is -1.62. The third-order valence-electron chi connectivity index (χ3n) is 2.91. The summed E-state index contributed by atoms with van der Waals surface area (Å²) in [7, 11) is -1.62.